The van der Waals surface area contributed by atoms with Crippen molar-refractivity contribution in [3.8, 4) is 0 Å². The van der Waals surface area contributed by atoms with Crippen molar-refractivity contribution in [2.24, 2.45) is 5.73 Å². The van der Waals surface area contributed by atoms with Crippen LogP contribution in [0.25, 0.3) is 0 Å². The van der Waals surface area contributed by atoms with Crippen LogP contribution in [0, 0.1) is 0 Å². The Bertz CT molecular complexity index is 1090. The maximum Gasteiger partial charge on any atom is 0.472 e. The summed E-state index contributed by atoms with van der Waals surface area (Å²) in [6, 6.07) is 0. The van der Waals surface area contributed by atoms with E-state index in [1.165, 1.54) is 96.3 Å². The normalized spacial score (nSPS) is 13.7. The highest BCUT2D eigenvalue weighted by molar-refractivity contribution is 7.47. The number of hydrogen-bond acceptors (Lipinski definition) is 9. The number of phosphoric acid groups is 1. The molecule has 338 valence electrons. The molecule has 0 aliphatic carbocycles. The third kappa shape index (κ3) is 43.5. The molecule has 2 atom stereocenters. The third-order valence-corrected chi connectivity index (χ3v) is 10.8. The molecule has 0 bridgehead atoms. The Hall–Kier alpha value is -2.07. The summed E-state index contributed by atoms with van der Waals surface area (Å²) in [7, 11) is -4.40. The van der Waals surface area contributed by atoms with Gasteiger partial charge in [-0.05, 0) is 57.8 Å². The first kappa shape index (κ1) is 55.9. The van der Waals surface area contributed by atoms with Crippen LogP contribution in [0.5, 0.6) is 0 Å². The summed E-state index contributed by atoms with van der Waals surface area (Å²) in [5, 5.41) is 8.79. The summed E-state index contributed by atoms with van der Waals surface area (Å²) >= 11 is 0. The van der Waals surface area contributed by atoms with E-state index in [1.54, 1.807) is 0 Å². The number of unbranched alkanes of at least 4 members (excludes halogenated alkanes) is 22. The van der Waals surface area contributed by atoms with E-state index in [1.807, 2.05) is 6.08 Å². The molecule has 0 aliphatic rings. The molecular formula is C47H86NO9P. The van der Waals surface area contributed by atoms with E-state index in [0.29, 0.717) is 12.8 Å². The zero-order valence-corrected chi connectivity index (χ0v) is 37.6. The van der Waals surface area contributed by atoms with Gasteiger partial charge in [-0.1, -0.05) is 178 Å². The number of ether oxygens (including phenoxy) is 2. The van der Waals surface area contributed by atoms with Crippen LogP contribution in [0.1, 0.15) is 200 Å². The first-order chi connectivity index (χ1) is 28.3. The predicted octanol–water partition coefficient (Wildman–Crippen LogP) is 12.5. The fourth-order valence-corrected chi connectivity index (χ4v) is 7.08. The molecule has 0 aromatic carbocycles. The lowest BCUT2D eigenvalue weighted by molar-refractivity contribution is -0.161. The quantitative estimate of drug-likeness (QED) is 0.0234. The molecule has 1 unspecified atom stereocenters. The van der Waals surface area contributed by atoms with E-state index in [2.05, 4.69) is 49.5 Å². The number of nitrogens with two attached hydrogens (primary N) is 1. The maximum atomic E-state index is 12.6. The molecule has 10 nitrogen and oxygen atoms in total. The topological polar surface area (TPSA) is 155 Å². The van der Waals surface area contributed by atoms with Gasteiger partial charge in [0.05, 0.1) is 13.2 Å². The summed E-state index contributed by atoms with van der Waals surface area (Å²) in [4.78, 5) is 34.9. The largest absolute Gasteiger partial charge is 0.472 e. The van der Waals surface area contributed by atoms with E-state index in [-0.39, 0.29) is 39.2 Å². The molecule has 11 heteroatoms. The standard InChI is InChI=1S/C47H86NO9P/c1-2-3-4-5-6-7-8-9-10-11-12-14-18-21-24-27-30-33-36-39-47(51)57-45(44-56-58(52,53)55-42-40-48)43-54-46(50)38-35-32-29-26-23-20-17-15-13-16-19-22-25-28-31-34-37-41-49/h13,16-17,20,22,25-26,29,45,49H,2-12,14-15,18-19,21,23-24,27-28,30-44,48H2,1H3,(H,52,53)/b16-13-,20-17-,25-22-,29-26-/t45-/m1/s1. The molecule has 0 aromatic rings. The number of carbonyl (C=O) groups excluding carboxylic acids is 2. The first-order valence-corrected chi connectivity index (χ1v) is 24.7. The Balaban J connectivity index is 4.17. The average Bonchev–Trinajstić information content (AvgIpc) is 3.21. The first-order valence-electron chi connectivity index (χ1n) is 23.2. The third-order valence-electron chi connectivity index (χ3n) is 9.77. The number of aliphatic hydroxyl groups excluding tert-OH is 1. The highest BCUT2D eigenvalue weighted by Gasteiger charge is 2.26. The zero-order valence-electron chi connectivity index (χ0n) is 36.7. The van der Waals surface area contributed by atoms with Crippen LogP contribution in [-0.4, -0.2) is 61.0 Å². The second-order valence-electron chi connectivity index (χ2n) is 15.4. The average molecular weight is 840 g/mol. The zero-order chi connectivity index (χ0) is 42.5. The SMILES string of the molecule is CCCCCCCCCCCCCCCCCCCCCC(=O)O[C@H](COC(=O)CCC/C=C\C/C=C\C/C=C\C/C=C\CCCCCO)COP(=O)(O)OCCN. The van der Waals surface area contributed by atoms with Gasteiger partial charge >= 0.3 is 19.8 Å². The molecule has 0 radical (unpaired) electrons. The van der Waals surface area contributed by atoms with E-state index in [0.717, 1.165) is 70.6 Å². The van der Waals surface area contributed by atoms with Crippen molar-refractivity contribution in [3.63, 3.8) is 0 Å². The van der Waals surface area contributed by atoms with Gasteiger partial charge in [-0.25, -0.2) is 4.57 Å². The number of rotatable bonds is 44. The molecule has 0 saturated carbocycles. The Morgan fingerprint density at radius 2 is 0.983 bits per heavy atom. The van der Waals surface area contributed by atoms with Gasteiger partial charge in [0.2, 0.25) is 0 Å². The summed E-state index contributed by atoms with van der Waals surface area (Å²) < 4.78 is 32.8. The molecule has 4 N–H and O–H groups in total. The molecule has 0 amide bonds. The summed E-state index contributed by atoms with van der Waals surface area (Å²) in [6.45, 7) is 1.69. The van der Waals surface area contributed by atoms with Crippen LogP contribution in [0.3, 0.4) is 0 Å². The van der Waals surface area contributed by atoms with Crippen molar-refractivity contribution in [1.82, 2.24) is 0 Å². The van der Waals surface area contributed by atoms with Crippen LogP contribution >= 0.6 is 7.82 Å². The smallest absolute Gasteiger partial charge is 0.462 e. The minimum absolute atomic E-state index is 0.0417. The van der Waals surface area contributed by atoms with Crippen LogP contribution < -0.4 is 5.73 Å². The van der Waals surface area contributed by atoms with E-state index in [9.17, 15) is 19.0 Å². The molecule has 0 aromatic heterocycles. The van der Waals surface area contributed by atoms with Gasteiger partial charge < -0.3 is 25.2 Å². The Morgan fingerprint density at radius 1 is 0.552 bits per heavy atom. The molecule has 58 heavy (non-hydrogen) atoms. The van der Waals surface area contributed by atoms with Crippen LogP contribution in [0.2, 0.25) is 0 Å². The fourth-order valence-electron chi connectivity index (χ4n) is 6.31. The monoisotopic (exact) mass is 840 g/mol. The van der Waals surface area contributed by atoms with E-state index in [4.69, 9.17) is 29.4 Å². The predicted molar refractivity (Wildman–Crippen MR) is 239 cm³/mol. The summed E-state index contributed by atoms with van der Waals surface area (Å²) in [5.74, 6) is -0.903. The van der Waals surface area contributed by atoms with Gasteiger partial charge in [-0.3, -0.25) is 18.6 Å². The van der Waals surface area contributed by atoms with Gasteiger partial charge in [0.25, 0.3) is 0 Å². The second kappa shape index (κ2) is 44.5. The Morgan fingerprint density at radius 3 is 1.47 bits per heavy atom. The second-order valence-corrected chi connectivity index (χ2v) is 16.8. The number of hydrogen-bond donors (Lipinski definition) is 3. The maximum absolute atomic E-state index is 12.6. The van der Waals surface area contributed by atoms with Gasteiger partial charge in [0, 0.05) is 26.0 Å². The lowest BCUT2D eigenvalue weighted by atomic mass is 10.0. The van der Waals surface area contributed by atoms with Crippen LogP contribution in [-0.2, 0) is 32.7 Å². The van der Waals surface area contributed by atoms with Crippen molar-refractivity contribution in [1.29, 1.82) is 0 Å². The number of carbonyl (C=O) groups is 2. The van der Waals surface area contributed by atoms with Crippen LogP contribution in [0.4, 0.5) is 0 Å². The molecule has 0 saturated heterocycles. The molecule has 0 rings (SSSR count). The number of allylic oxidation sites excluding steroid dienone is 8. The van der Waals surface area contributed by atoms with Crippen molar-refractivity contribution in [3.05, 3.63) is 48.6 Å². The number of esters is 2. The molecule has 0 fully saturated rings. The lowest BCUT2D eigenvalue weighted by Gasteiger charge is -2.19. The van der Waals surface area contributed by atoms with Crippen molar-refractivity contribution in [2.45, 2.75) is 206 Å². The van der Waals surface area contributed by atoms with Crippen LogP contribution in [0.15, 0.2) is 48.6 Å². The molecular weight excluding hydrogens is 753 g/mol. The minimum Gasteiger partial charge on any atom is -0.462 e. The van der Waals surface area contributed by atoms with Crippen molar-refractivity contribution in [2.75, 3.05) is 33.0 Å². The van der Waals surface area contributed by atoms with Crippen molar-refractivity contribution >= 4 is 19.8 Å². The van der Waals surface area contributed by atoms with Gasteiger partial charge in [0.15, 0.2) is 6.10 Å². The van der Waals surface area contributed by atoms with Gasteiger partial charge in [0.1, 0.15) is 6.61 Å². The van der Waals surface area contributed by atoms with Crippen molar-refractivity contribution < 1.29 is 42.7 Å². The molecule has 0 aliphatic heterocycles. The molecule has 0 spiro atoms. The Labute approximate surface area is 354 Å². The number of phosphoric ester groups is 1. The highest BCUT2D eigenvalue weighted by Crippen LogP contribution is 2.43. The lowest BCUT2D eigenvalue weighted by Crippen LogP contribution is -2.29. The number of aliphatic hydroxyl groups is 1. The fraction of sp³-hybridized carbons (Fsp3) is 0.787. The van der Waals surface area contributed by atoms with Gasteiger partial charge in [-0.2, -0.15) is 0 Å². The Kier molecular flexibility index (Phi) is 42.9. The summed E-state index contributed by atoms with van der Waals surface area (Å²) in [6.07, 6.45) is 48.8. The summed E-state index contributed by atoms with van der Waals surface area (Å²) in [5.41, 5.74) is 5.35. The van der Waals surface area contributed by atoms with E-state index >= 15 is 0 Å². The van der Waals surface area contributed by atoms with E-state index < -0.39 is 32.5 Å². The minimum atomic E-state index is -4.40. The molecule has 0 heterocycles. The highest BCUT2D eigenvalue weighted by atomic mass is 31.2. The van der Waals surface area contributed by atoms with Gasteiger partial charge in [-0.15, -0.1) is 0 Å².